The molecule has 2 aliphatic rings. The third-order valence-corrected chi connectivity index (χ3v) is 7.63. The van der Waals surface area contributed by atoms with Gasteiger partial charge in [-0.25, -0.2) is 0 Å². The second kappa shape index (κ2) is 10.4. The van der Waals surface area contributed by atoms with Crippen LogP contribution in [0.15, 0.2) is 51.4 Å². The van der Waals surface area contributed by atoms with Crippen LogP contribution in [0.2, 0.25) is 5.02 Å². The normalized spacial score (nSPS) is 16.5. The lowest BCUT2D eigenvalue weighted by atomic mass is 9.96. The van der Waals surface area contributed by atoms with Crippen LogP contribution < -0.4 is 15.4 Å². The summed E-state index contributed by atoms with van der Waals surface area (Å²) in [5, 5.41) is 20.2. The van der Waals surface area contributed by atoms with E-state index in [0.29, 0.717) is 41.5 Å². The molecule has 0 spiro atoms. The van der Waals surface area contributed by atoms with E-state index in [1.54, 1.807) is 24.4 Å². The Labute approximate surface area is 218 Å². The van der Waals surface area contributed by atoms with E-state index in [4.69, 9.17) is 16.3 Å². The van der Waals surface area contributed by atoms with E-state index < -0.39 is 11.7 Å². The molecule has 3 heterocycles. The van der Waals surface area contributed by atoms with Gasteiger partial charge >= 0.3 is 11.0 Å². The number of ether oxygens (including phenoxy) is 1. The molecule has 0 atom stereocenters. The highest BCUT2D eigenvalue weighted by atomic mass is 35.5. The Morgan fingerprint density at radius 1 is 1.14 bits per heavy atom. The van der Waals surface area contributed by atoms with Gasteiger partial charge in [-0.2, -0.15) is 23.4 Å². The Kier molecular flexibility index (Phi) is 7.21. The van der Waals surface area contributed by atoms with Crippen molar-refractivity contribution in [3.05, 3.63) is 83.2 Å². The Morgan fingerprint density at radius 3 is 2.68 bits per heavy atom. The molecule has 0 unspecified atom stereocenters. The molecule has 2 aliphatic heterocycles. The molecule has 1 saturated heterocycles. The summed E-state index contributed by atoms with van der Waals surface area (Å²) in [5.41, 5.74) is 0.195. The first kappa shape index (κ1) is 25.7. The fourth-order valence-electron chi connectivity index (χ4n) is 4.42. The number of thiazole rings is 1. The average molecular weight is 551 g/mol. The quantitative estimate of drug-likeness (QED) is 0.512. The molecule has 0 bridgehead atoms. The van der Waals surface area contributed by atoms with Crippen molar-refractivity contribution < 1.29 is 23.0 Å². The van der Waals surface area contributed by atoms with Crippen LogP contribution in [0.4, 0.5) is 13.2 Å². The minimum atomic E-state index is -4.63. The van der Waals surface area contributed by atoms with Crippen LogP contribution in [0.1, 0.15) is 21.6 Å². The number of morpholine rings is 1. The Hall–Kier alpha value is -2.99. The van der Waals surface area contributed by atoms with E-state index in [9.17, 15) is 23.1 Å². The Morgan fingerprint density at radius 2 is 1.92 bits per heavy atom. The van der Waals surface area contributed by atoms with Crippen molar-refractivity contribution in [1.29, 1.82) is 0 Å². The first-order chi connectivity index (χ1) is 17.7. The van der Waals surface area contributed by atoms with Gasteiger partial charge < -0.3 is 9.84 Å². The topological polar surface area (TPSA) is 79.4 Å². The van der Waals surface area contributed by atoms with E-state index in [2.05, 4.69) is 15.1 Å². The molecule has 7 nitrogen and oxygen atoms in total. The van der Waals surface area contributed by atoms with Gasteiger partial charge in [0.05, 0.1) is 35.2 Å². The molecule has 1 aromatic heterocycles. The van der Waals surface area contributed by atoms with Gasteiger partial charge in [0.1, 0.15) is 0 Å². The van der Waals surface area contributed by atoms with Crippen LogP contribution in [0.25, 0.3) is 5.57 Å². The number of benzene rings is 2. The molecule has 3 aromatic rings. The predicted molar refractivity (Wildman–Crippen MR) is 135 cm³/mol. The number of fused-ring (bicyclic) bond motifs is 1. The third kappa shape index (κ3) is 5.49. The highest BCUT2D eigenvalue weighted by molar-refractivity contribution is 7.10. The number of alkyl halides is 3. The third-order valence-electron chi connectivity index (χ3n) is 6.37. The summed E-state index contributed by atoms with van der Waals surface area (Å²) in [4.78, 5) is 14.9. The number of nitrogens with zero attached hydrogens (tertiary/aromatic N) is 4. The lowest BCUT2D eigenvalue weighted by molar-refractivity contribution is -0.138. The van der Waals surface area contributed by atoms with Gasteiger partial charge in [-0.15, -0.1) is 0 Å². The minimum absolute atomic E-state index is 0.0223. The summed E-state index contributed by atoms with van der Waals surface area (Å²) in [7, 11) is 0. The zero-order valence-corrected chi connectivity index (χ0v) is 21.0. The van der Waals surface area contributed by atoms with Gasteiger partial charge in [0.15, 0.2) is 0 Å². The summed E-state index contributed by atoms with van der Waals surface area (Å²) in [6.07, 6.45) is -3.26. The van der Waals surface area contributed by atoms with Gasteiger partial charge in [-0.05, 0) is 40.6 Å². The number of aromatic nitrogens is 1. The fraction of sp³-hybridized carbons (Fsp3) is 0.320. The van der Waals surface area contributed by atoms with Gasteiger partial charge in [0.2, 0.25) is 5.88 Å². The van der Waals surface area contributed by atoms with Crippen LogP contribution in [-0.4, -0.2) is 53.6 Å². The van der Waals surface area contributed by atoms with Crippen molar-refractivity contribution in [2.45, 2.75) is 19.1 Å². The van der Waals surface area contributed by atoms with Crippen LogP contribution >= 0.6 is 22.9 Å². The molecule has 1 fully saturated rings. The SMILES string of the molecule is O=c1sc(C(Cc2ccc(Cl)cc2C(F)(F)F)=c2ccc3c(c2)C=NN=3)c(O)n1CCN1CCOCC1. The minimum Gasteiger partial charge on any atom is -0.493 e. The molecule has 37 heavy (non-hydrogen) atoms. The summed E-state index contributed by atoms with van der Waals surface area (Å²) < 4.78 is 48.2. The summed E-state index contributed by atoms with van der Waals surface area (Å²) in [6.45, 7) is 3.44. The molecule has 0 amide bonds. The van der Waals surface area contributed by atoms with E-state index in [1.165, 1.54) is 16.7 Å². The molecule has 1 N–H and O–H groups in total. The maximum atomic E-state index is 13.9. The predicted octanol–water partition coefficient (Wildman–Crippen LogP) is 3.03. The number of aromatic hydroxyl groups is 1. The summed E-state index contributed by atoms with van der Waals surface area (Å²) in [5.74, 6) is -0.264. The van der Waals surface area contributed by atoms with Crippen molar-refractivity contribution in [2.24, 2.45) is 10.2 Å². The molecule has 0 aliphatic carbocycles. The first-order valence-electron chi connectivity index (χ1n) is 11.5. The van der Waals surface area contributed by atoms with Gasteiger partial charge in [0, 0.05) is 43.2 Å². The van der Waals surface area contributed by atoms with Crippen molar-refractivity contribution in [1.82, 2.24) is 9.47 Å². The Balaban J connectivity index is 1.61. The standard InChI is InChI=1S/C25H22ClF3N4O3S/c26-18-3-1-16(20(13-18)25(27,28)29)12-19(15-2-4-21-17(11-15)14-30-31-21)22-23(34)33(24(35)37-22)6-5-32-7-9-36-10-8-32/h1-4,11,13-14,34H,5-10,12H2. The molecular formula is C25H22ClF3N4O3S. The highest BCUT2D eigenvalue weighted by Crippen LogP contribution is 2.37. The number of rotatable bonds is 6. The number of halogens is 4. The van der Waals surface area contributed by atoms with E-state index >= 15 is 0 Å². The zero-order valence-electron chi connectivity index (χ0n) is 19.5. The molecule has 0 radical (unpaired) electrons. The second-order valence-electron chi connectivity index (χ2n) is 8.70. The number of hydrogen-bond acceptors (Lipinski definition) is 7. The molecule has 0 saturated carbocycles. The van der Waals surface area contributed by atoms with Gasteiger partial charge in [-0.1, -0.05) is 35.1 Å². The van der Waals surface area contributed by atoms with Crippen LogP contribution in [-0.2, 0) is 23.9 Å². The van der Waals surface area contributed by atoms with Crippen LogP contribution in [0, 0.1) is 0 Å². The highest BCUT2D eigenvalue weighted by Gasteiger charge is 2.34. The maximum Gasteiger partial charge on any atom is 0.416 e. The van der Waals surface area contributed by atoms with Crippen molar-refractivity contribution >= 4 is 34.7 Å². The van der Waals surface area contributed by atoms with Crippen molar-refractivity contribution in [2.75, 3.05) is 32.8 Å². The largest absolute Gasteiger partial charge is 0.493 e. The summed E-state index contributed by atoms with van der Waals surface area (Å²) >= 11 is 6.69. The van der Waals surface area contributed by atoms with Crippen LogP contribution in [0.3, 0.4) is 0 Å². The fourth-order valence-corrected chi connectivity index (χ4v) is 5.57. The molecule has 5 rings (SSSR count). The molecule has 2 aromatic carbocycles. The lowest BCUT2D eigenvalue weighted by Crippen LogP contribution is -2.38. The smallest absolute Gasteiger partial charge is 0.416 e. The monoisotopic (exact) mass is 550 g/mol. The first-order valence-corrected chi connectivity index (χ1v) is 12.7. The lowest BCUT2D eigenvalue weighted by Gasteiger charge is -2.26. The van der Waals surface area contributed by atoms with Gasteiger partial charge in [0.25, 0.3) is 0 Å². The van der Waals surface area contributed by atoms with E-state index in [0.717, 1.165) is 30.5 Å². The second-order valence-corrected chi connectivity index (χ2v) is 10.1. The summed E-state index contributed by atoms with van der Waals surface area (Å²) in [6, 6.07) is 8.77. The molecule has 194 valence electrons. The van der Waals surface area contributed by atoms with Crippen molar-refractivity contribution in [3.8, 4) is 5.88 Å². The number of hydrogen-bond donors (Lipinski definition) is 1. The molecular weight excluding hydrogens is 529 g/mol. The Bertz CT molecular complexity index is 1540. The van der Waals surface area contributed by atoms with Crippen molar-refractivity contribution in [3.63, 3.8) is 0 Å². The average Bonchev–Trinajstić information content (AvgIpc) is 3.45. The molecule has 12 heteroatoms. The van der Waals surface area contributed by atoms with E-state index in [-0.39, 0.29) is 39.2 Å². The zero-order chi connectivity index (χ0) is 26.2. The van der Waals surface area contributed by atoms with Crippen LogP contribution in [0.5, 0.6) is 5.88 Å². The van der Waals surface area contributed by atoms with E-state index in [1.807, 2.05) is 0 Å². The maximum absolute atomic E-state index is 13.9. The van der Waals surface area contributed by atoms with Gasteiger partial charge in [-0.3, -0.25) is 14.3 Å².